The number of ether oxygens (including phenoxy) is 2. The van der Waals surface area contributed by atoms with Crippen molar-refractivity contribution in [3.63, 3.8) is 0 Å². The molecule has 0 bridgehead atoms. The predicted molar refractivity (Wildman–Crippen MR) is 102 cm³/mol. The zero-order valence-electron chi connectivity index (χ0n) is 15.1. The number of hydrogen-bond acceptors (Lipinski definition) is 6. The molecule has 0 aliphatic rings. The van der Waals surface area contributed by atoms with Crippen LogP contribution in [0.2, 0.25) is 0 Å². The Bertz CT molecular complexity index is 916. The van der Waals surface area contributed by atoms with E-state index in [1.54, 1.807) is 44.9 Å². The van der Waals surface area contributed by atoms with Gasteiger partial charge in [0.15, 0.2) is 0 Å². The molecule has 0 aliphatic carbocycles. The Kier molecular flexibility index (Phi) is 5.84. The molecule has 138 valence electrons. The smallest absolute Gasteiger partial charge is 0.253 e. The number of rotatable bonds is 7. The Morgan fingerprint density at radius 1 is 1.04 bits per heavy atom. The molecule has 1 amide bonds. The first-order chi connectivity index (χ1) is 13.2. The molecule has 1 aromatic carbocycles. The molecule has 0 atom stereocenters. The first-order valence-corrected chi connectivity index (χ1v) is 8.31. The number of carbonyl (C=O) groups is 1. The van der Waals surface area contributed by atoms with Gasteiger partial charge >= 0.3 is 0 Å². The average Bonchev–Trinajstić information content (AvgIpc) is 2.73. The number of anilines is 2. The van der Waals surface area contributed by atoms with Crippen LogP contribution in [0, 0.1) is 0 Å². The number of nitrogens with zero attached hydrogens (tertiary/aromatic N) is 2. The van der Waals surface area contributed by atoms with Gasteiger partial charge in [0, 0.05) is 31.2 Å². The van der Waals surface area contributed by atoms with Crippen LogP contribution in [-0.2, 0) is 6.54 Å². The van der Waals surface area contributed by atoms with Crippen LogP contribution in [0.5, 0.6) is 11.5 Å². The van der Waals surface area contributed by atoms with E-state index >= 15 is 0 Å². The summed E-state index contributed by atoms with van der Waals surface area (Å²) in [6, 6.07) is 10.9. The largest absolute Gasteiger partial charge is 0.497 e. The molecule has 7 heteroatoms. The molecule has 0 unspecified atom stereocenters. The van der Waals surface area contributed by atoms with Gasteiger partial charge in [0.2, 0.25) is 0 Å². The topological polar surface area (TPSA) is 85.4 Å². The van der Waals surface area contributed by atoms with Gasteiger partial charge in [-0.3, -0.25) is 14.8 Å². The summed E-state index contributed by atoms with van der Waals surface area (Å²) in [4.78, 5) is 20.6. The van der Waals surface area contributed by atoms with E-state index in [0.29, 0.717) is 29.3 Å². The van der Waals surface area contributed by atoms with E-state index in [9.17, 15) is 4.79 Å². The summed E-state index contributed by atoms with van der Waals surface area (Å²) in [5.74, 6) is 1.11. The second kappa shape index (κ2) is 8.66. The van der Waals surface area contributed by atoms with Crippen LogP contribution in [0.3, 0.4) is 0 Å². The minimum absolute atomic E-state index is 0.211. The van der Waals surface area contributed by atoms with Crippen LogP contribution in [0.1, 0.15) is 15.9 Å². The highest BCUT2D eigenvalue weighted by Crippen LogP contribution is 2.31. The first kappa shape index (κ1) is 18.2. The molecule has 3 rings (SSSR count). The molecule has 0 radical (unpaired) electrons. The van der Waals surface area contributed by atoms with Crippen LogP contribution in [0.25, 0.3) is 0 Å². The number of pyridine rings is 2. The Morgan fingerprint density at radius 2 is 1.93 bits per heavy atom. The van der Waals surface area contributed by atoms with Gasteiger partial charge in [0.1, 0.15) is 11.5 Å². The molecule has 0 aliphatic heterocycles. The van der Waals surface area contributed by atoms with Gasteiger partial charge < -0.3 is 20.1 Å². The van der Waals surface area contributed by atoms with E-state index in [2.05, 4.69) is 20.6 Å². The Labute approximate surface area is 157 Å². The maximum atomic E-state index is 12.4. The zero-order valence-corrected chi connectivity index (χ0v) is 15.1. The Balaban J connectivity index is 1.71. The molecule has 2 heterocycles. The molecule has 0 fully saturated rings. The maximum absolute atomic E-state index is 12.4. The molecule has 0 saturated carbocycles. The van der Waals surface area contributed by atoms with Crippen molar-refractivity contribution in [2.24, 2.45) is 0 Å². The Hall–Kier alpha value is -3.61. The molecular formula is C20H20N4O3. The molecule has 2 aromatic heterocycles. The molecule has 2 N–H and O–H groups in total. The second-order valence-electron chi connectivity index (χ2n) is 5.70. The normalized spacial score (nSPS) is 10.1. The highest BCUT2D eigenvalue weighted by atomic mass is 16.5. The van der Waals surface area contributed by atoms with Crippen molar-refractivity contribution in [3.8, 4) is 11.5 Å². The lowest BCUT2D eigenvalue weighted by atomic mass is 10.2. The number of hydrogen-bond donors (Lipinski definition) is 2. The quantitative estimate of drug-likeness (QED) is 0.670. The minimum Gasteiger partial charge on any atom is -0.497 e. The Morgan fingerprint density at radius 3 is 2.67 bits per heavy atom. The van der Waals surface area contributed by atoms with Gasteiger partial charge in [-0.2, -0.15) is 0 Å². The van der Waals surface area contributed by atoms with Crippen molar-refractivity contribution < 1.29 is 14.3 Å². The van der Waals surface area contributed by atoms with Crippen molar-refractivity contribution >= 4 is 17.3 Å². The number of benzene rings is 1. The number of amides is 1. The first-order valence-electron chi connectivity index (χ1n) is 8.31. The molecular weight excluding hydrogens is 344 g/mol. The summed E-state index contributed by atoms with van der Waals surface area (Å²) in [6.07, 6.45) is 6.57. The van der Waals surface area contributed by atoms with Crippen LogP contribution in [0.15, 0.2) is 61.2 Å². The lowest BCUT2D eigenvalue weighted by molar-refractivity contribution is 0.0950. The molecule has 0 saturated heterocycles. The monoisotopic (exact) mass is 364 g/mol. The fraction of sp³-hybridized carbons (Fsp3) is 0.150. The van der Waals surface area contributed by atoms with Crippen molar-refractivity contribution in [2.75, 3.05) is 19.5 Å². The third kappa shape index (κ3) is 4.72. The maximum Gasteiger partial charge on any atom is 0.253 e. The average molecular weight is 364 g/mol. The van der Waals surface area contributed by atoms with Crippen LogP contribution in [-0.4, -0.2) is 30.1 Å². The standard InChI is InChI=1S/C20H20N4O3/c1-26-17-5-6-18(19(9-17)27-2)24-16-8-15(12-22-13-16)20(25)23-11-14-4-3-7-21-10-14/h3-10,12-13,24H,11H2,1-2H3,(H,23,25). The van der Waals surface area contributed by atoms with Crippen LogP contribution in [0.4, 0.5) is 11.4 Å². The van der Waals surface area contributed by atoms with E-state index in [1.165, 1.54) is 6.20 Å². The van der Waals surface area contributed by atoms with Gasteiger partial charge in [0.25, 0.3) is 5.91 Å². The highest BCUT2D eigenvalue weighted by Gasteiger charge is 2.09. The van der Waals surface area contributed by atoms with Gasteiger partial charge in [-0.25, -0.2) is 0 Å². The lowest BCUT2D eigenvalue weighted by Gasteiger charge is -2.13. The predicted octanol–water partition coefficient (Wildman–Crippen LogP) is 3.17. The SMILES string of the molecule is COc1ccc(Nc2cncc(C(=O)NCc3cccnc3)c2)c(OC)c1. The fourth-order valence-electron chi connectivity index (χ4n) is 2.48. The van der Waals surface area contributed by atoms with Gasteiger partial charge in [-0.15, -0.1) is 0 Å². The lowest BCUT2D eigenvalue weighted by Crippen LogP contribution is -2.23. The summed E-state index contributed by atoms with van der Waals surface area (Å²) in [5, 5.41) is 6.07. The van der Waals surface area contributed by atoms with E-state index in [-0.39, 0.29) is 5.91 Å². The van der Waals surface area contributed by atoms with Crippen LogP contribution >= 0.6 is 0 Å². The summed E-state index contributed by atoms with van der Waals surface area (Å²) in [5.41, 5.74) is 2.80. The summed E-state index contributed by atoms with van der Waals surface area (Å²) < 4.78 is 10.6. The number of nitrogens with one attached hydrogen (secondary N) is 2. The second-order valence-corrected chi connectivity index (χ2v) is 5.70. The minimum atomic E-state index is -0.211. The number of methoxy groups -OCH3 is 2. The third-order valence-electron chi connectivity index (χ3n) is 3.86. The molecule has 0 spiro atoms. The van der Waals surface area contributed by atoms with Gasteiger partial charge in [-0.1, -0.05) is 6.07 Å². The van der Waals surface area contributed by atoms with Crippen molar-refractivity contribution in [3.05, 3.63) is 72.3 Å². The van der Waals surface area contributed by atoms with Crippen molar-refractivity contribution in [1.82, 2.24) is 15.3 Å². The molecule has 7 nitrogen and oxygen atoms in total. The summed E-state index contributed by atoms with van der Waals surface area (Å²) in [6.45, 7) is 0.399. The van der Waals surface area contributed by atoms with E-state index in [1.807, 2.05) is 24.3 Å². The zero-order chi connectivity index (χ0) is 19.1. The molecule has 3 aromatic rings. The van der Waals surface area contributed by atoms with E-state index in [4.69, 9.17) is 9.47 Å². The summed E-state index contributed by atoms with van der Waals surface area (Å²) >= 11 is 0. The fourth-order valence-corrected chi connectivity index (χ4v) is 2.48. The third-order valence-corrected chi connectivity index (χ3v) is 3.86. The van der Waals surface area contributed by atoms with Crippen molar-refractivity contribution in [2.45, 2.75) is 6.54 Å². The number of carbonyl (C=O) groups excluding carboxylic acids is 1. The van der Waals surface area contributed by atoms with Gasteiger partial charge in [0.05, 0.1) is 37.4 Å². The van der Waals surface area contributed by atoms with Crippen LogP contribution < -0.4 is 20.1 Å². The number of aromatic nitrogens is 2. The highest BCUT2D eigenvalue weighted by molar-refractivity contribution is 5.94. The van der Waals surface area contributed by atoms with E-state index < -0.39 is 0 Å². The summed E-state index contributed by atoms with van der Waals surface area (Å²) in [7, 11) is 3.18. The van der Waals surface area contributed by atoms with Gasteiger partial charge in [-0.05, 0) is 29.8 Å². The van der Waals surface area contributed by atoms with E-state index in [0.717, 1.165) is 11.3 Å². The van der Waals surface area contributed by atoms with Crippen molar-refractivity contribution in [1.29, 1.82) is 0 Å². The molecule has 27 heavy (non-hydrogen) atoms.